The van der Waals surface area contributed by atoms with Gasteiger partial charge in [-0.1, -0.05) is 26.7 Å². The molecule has 0 aliphatic heterocycles. The minimum atomic E-state index is -0.236. The fourth-order valence-electron chi connectivity index (χ4n) is 1.74. The highest BCUT2D eigenvalue weighted by Crippen LogP contribution is 2.17. The SMILES string of the molecule is CCOC(OCC)C(N)CC(CC)CC. The monoisotopic (exact) mass is 217 g/mol. The normalized spacial score (nSPS) is 13.8. The third-order valence-corrected chi connectivity index (χ3v) is 2.77. The molecule has 0 saturated carbocycles. The van der Waals surface area contributed by atoms with Gasteiger partial charge in [-0.2, -0.15) is 0 Å². The molecule has 3 heteroatoms. The molecule has 0 fully saturated rings. The Morgan fingerprint density at radius 2 is 1.40 bits per heavy atom. The van der Waals surface area contributed by atoms with E-state index in [9.17, 15) is 0 Å². The molecule has 0 rings (SSSR count). The molecule has 0 aromatic carbocycles. The van der Waals surface area contributed by atoms with E-state index in [0.717, 1.165) is 6.42 Å². The molecule has 0 aromatic rings. The first kappa shape index (κ1) is 14.9. The van der Waals surface area contributed by atoms with Crippen molar-refractivity contribution in [3.63, 3.8) is 0 Å². The molecule has 92 valence electrons. The summed E-state index contributed by atoms with van der Waals surface area (Å²) in [6, 6.07) is -0.00481. The number of hydrogen-bond donors (Lipinski definition) is 1. The lowest BCUT2D eigenvalue weighted by Gasteiger charge is -2.26. The van der Waals surface area contributed by atoms with Crippen molar-refractivity contribution in [3.8, 4) is 0 Å². The maximum atomic E-state index is 6.09. The summed E-state index contributed by atoms with van der Waals surface area (Å²) in [5.41, 5.74) is 6.09. The fraction of sp³-hybridized carbons (Fsp3) is 1.00. The summed E-state index contributed by atoms with van der Waals surface area (Å²) in [6.07, 6.45) is 3.10. The zero-order chi connectivity index (χ0) is 11.7. The first-order valence-electron chi connectivity index (χ1n) is 6.18. The molecule has 0 aromatic heterocycles. The molecule has 0 amide bonds. The molecular weight excluding hydrogens is 190 g/mol. The molecule has 0 spiro atoms. The van der Waals surface area contributed by atoms with Gasteiger partial charge in [0, 0.05) is 13.2 Å². The van der Waals surface area contributed by atoms with Gasteiger partial charge in [0.1, 0.15) is 0 Å². The topological polar surface area (TPSA) is 44.5 Å². The largest absolute Gasteiger partial charge is 0.351 e. The van der Waals surface area contributed by atoms with Crippen LogP contribution in [0.1, 0.15) is 47.0 Å². The van der Waals surface area contributed by atoms with E-state index >= 15 is 0 Å². The van der Waals surface area contributed by atoms with Crippen LogP contribution in [0.15, 0.2) is 0 Å². The standard InChI is InChI=1S/C12H27NO2/c1-5-10(6-2)9-11(13)12(14-7-3)15-8-4/h10-12H,5-9,13H2,1-4H3. The lowest BCUT2D eigenvalue weighted by atomic mass is 9.95. The minimum absolute atomic E-state index is 0.00481. The predicted octanol–water partition coefficient (Wildman–Crippen LogP) is 2.54. The van der Waals surface area contributed by atoms with Crippen molar-refractivity contribution in [3.05, 3.63) is 0 Å². The summed E-state index contributed by atoms with van der Waals surface area (Å²) in [5, 5.41) is 0. The van der Waals surface area contributed by atoms with Crippen molar-refractivity contribution in [2.75, 3.05) is 13.2 Å². The van der Waals surface area contributed by atoms with E-state index in [1.165, 1.54) is 12.8 Å². The molecule has 15 heavy (non-hydrogen) atoms. The van der Waals surface area contributed by atoms with Gasteiger partial charge in [0.2, 0.25) is 0 Å². The summed E-state index contributed by atoms with van der Waals surface area (Å²) in [6.45, 7) is 9.66. The molecule has 1 atom stereocenters. The summed E-state index contributed by atoms with van der Waals surface area (Å²) >= 11 is 0. The van der Waals surface area contributed by atoms with Crippen LogP contribution >= 0.6 is 0 Å². The van der Waals surface area contributed by atoms with E-state index in [-0.39, 0.29) is 12.3 Å². The Morgan fingerprint density at radius 1 is 0.933 bits per heavy atom. The Hall–Kier alpha value is -0.120. The second-order valence-corrected chi connectivity index (χ2v) is 3.86. The second-order valence-electron chi connectivity index (χ2n) is 3.86. The van der Waals surface area contributed by atoms with Crippen LogP contribution in [0.5, 0.6) is 0 Å². The molecule has 0 bridgehead atoms. The van der Waals surface area contributed by atoms with Crippen LogP contribution in [0.3, 0.4) is 0 Å². The number of ether oxygens (including phenoxy) is 2. The van der Waals surface area contributed by atoms with Crippen LogP contribution in [0.4, 0.5) is 0 Å². The van der Waals surface area contributed by atoms with Gasteiger partial charge < -0.3 is 15.2 Å². The molecule has 0 saturated heterocycles. The summed E-state index contributed by atoms with van der Waals surface area (Å²) < 4.78 is 11.0. The van der Waals surface area contributed by atoms with Gasteiger partial charge in [-0.25, -0.2) is 0 Å². The van der Waals surface area contributed by atoms with Gasteiger partial charge in [-0.15, -0.1) is 0 Å². The van der Waals surface area contributed by atoms with Gasteiger partial charge in [0.15, 0.2) is 6.29 Å². The van der Waals surface area contributed by atoms with Gasteiger partial charge in [-0.05, 0) is 26.2 Å². The van der Waals surface area contributed by atoms with Crippen molar-refractivity contribution in [2.45, 2.75) is 59.3 Å². The quantitative estimate of drug-likeness (QED) is 0.604. The maximum absolute atomic E-state index is 6.09. The molecule has 1 unspecified atom stereocenters. The fourth-order valence-corrected chi connectivity index (χ4v) is 1.74. The highest BCUT2D eigenvalue weighted by molar-refractivity contribution is 4.70. The van der Waals surface area contributed by atoms with E-state index in [4.69, 9.17) is 15.2 Å². The van der Waals surface area contributed by atoms with Crippen molar-refractivity contribution < 1.29 is 9.47 Å². The zero-order valence-electron chi connectivity index (χ0n) is 10.7. The first-order valence-corrected chi connectivity index (χ1v) is 6.18. The molecule has 0 aliphatic rings. The molecule has 0 radical (unpaired) electrons. The average Bonchev–Trinajstić information content (AvgIpc) is 2.25. The molecule has 0 heterocycles. The third kappa shape index (κ3) is 6.13. The van der Waals surface area contributed by atoms with Gasteiger partial charge in [0.05, 0.1) is 6.04 Å². The van der Waals surface area contributed by atoms with Crippen LogP contribution in [-0.4, -0.2) is 25.5 Å². The van der Waals surface area contributed by atoms with E-state index in [2.05, 4.69) is 13.8 Å². The maximum Gasteiger partial charge on any atom is 0.172 e. The Labute approximate surface area is 94.3 Å². The number of nitrogens with two attached hydrogens (primary N) is 1. The van der Waals surface area contributed by atoms with E-state index in [0.29, 0.717) is 19.1 Å². The lowest BCUT2D eigenvalue weighted by molar-refractivity contribution is -0.150. The van der Waals surface area contributed by atoms with Crippen molar-refractivity contribution >= 4 is 0 Å². The van der Waals surface area contributed by atoms with Crippen molar-refractivity contribution in [1.29, 1.82) is 0 Å². The number of rotatable bonds is 9. The van der Waals surface area contributed by atoms with E-state index < -0.39 is 0 Å². The van der Waals surface area contributed by atoms with Crippen molar-refractivity contribution in [2.24, 2.45) is 11.7 Å². The van der Waals surface area contributed by atoms with Crippen LogP contribution in [0.2, 0.25) is 0 Å². The van der Waals surface area contributed by atoms with Crippen LogP contribution < -0.4 is 5.73 Å². The predicted molar refractivity (Wildman–Crippen MR) is 63.7 cm³/mol. The molecule has 0 aliphatic carbocycles. The number of hydrogen-bond acceptors (Lipinski definition) is 3. The molecule has 3 nitrogen and oxygen atoms in total. The van der Waals surface area contributed by atoms with E-state index in [1.54, 1.807) is 0 Å². The second kappa shape index (κ2) is 9.13. The first-order chi connectivity index (χ1) is 7.19. The Bertz CT molecular complexity index is 132. The summed E-state index contributed by atoms with van der Waals surface area (Å²) in [7, 11) is 0. The van der Waals surface area contributed by atoms with Gasteiger partial charge in [0.25, 0.3) is 0 Å². The highest BCUT2D eigenvalue weighted by Gasteiger charge is 2.20. The van der Waals surface area contributed by atoms with Crippen LogP contribution in [-0.2, 0) is 9.47 Å². The smallest absolute Gasteiger partial charge is 0.172 e. The molecule has 2 N–H and O–H groups in total. The Kier molecular flexibility index (Phi) is 9.06. The van der Waals surface area contributed by atoms with E-state index in [1.807, 2.05) is 13.8 Å². The highest BCUT2D eigenvalue weighted by atomic mass is 16.7. The van der Waals surface area contributed by atoms with Gasteiger partial charge >= 0.3 is 0 Å². The third-order valence-electron chi connectivity index (χ3n) is 2.77. The molecular formula is C12H27NO2. The average molecular weight is 217 g/mol. The van der Waals surface area contributed by atoms with Gasteiger partial charge in [-0.3, -0.25) is 0 Å². The minimum Gasteiger partial charge on any atom is -0.351 e. The Morgan fingerprint density at radius 3 is 1.73 bits per heavy atom. The summed E-state index contributed by atoms with van der Waals surface area (Å²) in [5.74, 6) is 0.684. The van der Waals surface area contributed by atoms with Crippen LogP contribution in [0.25, 0.3) is 0 Å². The Balaban J connectivity index is 4.04. The zero-order valence-corrected chi connectivity index (χ0v) is 10.7. The van der Waals surface area contributed by atoms with Crippen molar-refractivity contribution in [1.82, 2.24) is 0 Å². The van der Waals surface area contributed by atoms with Crippen LogP contribution in [0, 0.1) is 5.92 Å². The lowest BCUT2D eigenvalue weighted by Crippen LogP contribution is -2.40. The summed E-state index contributed by atoms with van der Waals surface area (Å²) in [4.78, 5) is 0.